The molecule has 1 atom stereocenters. The third-order valence-corrected chi connectivity index (χ3v) is 6.82. The van der Waals surface area contributed by atoms with Crippen LogP contribution in [-0.4, -0.2) is 51.3 Å². The fourth-order valence-electron chi connectivity index (χ4n) is 4.09. The van der Waals surface area contributed by atoms with Gasteiger partial charge < -0.3 is 15.2 Å². The van der Waals surface area contributed by atoms with Crippen molar-refractivity contribution in [1.29, 1.82) is 0 Å². The van der Waals surface area contributed by atoms with Crippen molar-refractivity contribution in [2.24, 2.45) is 0 Å². The maximum absolute atomic E-state index is 11.1. The number of carbonyl (C=O) groups is 1. The molecule has 10 heteroatoms. The molecule has 2 saturated carbocycles. The third kappa shape index (κ3) is 11.1. The molecule has 192 valence electrons. The van der Waals surface area contributed by atoms with Crippen LogP contribution in [0.15, 0.2) is 23.4 Å². The first-order chi connectivity index (χ1) is 16.2. The fraction of sp³-hybridized carbons (Fsp3) is 0.750. The Kier molecular flexibility index (Phi) is 12.2. The van der Waals surface area contributed by atoms with Crippen LogP contribution < -0.4 is 10.0 Å². The summed E-state index contributed by atoms with van der Waals surface area (Å²) in [6.45, 7) is 5.36. The molecular weight excluding hydrogens is 456 g/mol. The van der Waals surface area contributed by atoms with Gasteiger partial charge in [-0.3, -0.25) is 14.9 Å². The highest BCUT2D eigenvalue weighted by molar-refractivity contribution is 7.97. The van der Waals surface area contributed by atoms with Crippen LogP contribution in [0.25, 0.3) is 0 Å². The van der Waals surface area contributed by atoms with E-state index in [4.69, 9.17) is 9.84 Å². The minimum Gasteiger partial charge on any atom is -0.480 e. The van der Waals surface area contributed by atoms with Crippen molar-refractivity contribution in [2.45, 2.75) is 114 Å². The first kappa shape index (κ1) is 28.5. The quantitative estimate of drug-likeness (QED) is 0.243. The number of ether oxygens (including phenoxy) is 1. The van der Waals surface area contributed by atoms with Gasteiger partial charge in [-0.15, -0.1) is 0 Å². The average molecular weight is 497 g/mol. The van der Waals surface area contributed by atoms with Gasteiger partial charge in [0, 0.05) is 24.3 Å². The smallest absolute Gasteiger partial charge is 0.323 e. The fourth-order valence-corrected chi connectivity index (χ4v) is 4.87. The van der Waals surface area contributed by atoms with Gasteiger partial charge in [0.2, 0.25) is 0 Å². The minimum absolute atomic E-state index is 0.0630. The Morgan fingerprint density at radius 1 is 1.18 bits per heavy atom. The van der Waals surface area contributed by atoms with Crippen LogP contribution in [0.1, 0.15) is 85.0 Å². The lowest BCUT2D eigenvalue weighted by Crippen LogP contribution is -2.40. The summed E-state index contributed by atoms with van der Waals surface area (Å²) in [5.41, 5.74) is -0.660. The van der Waals surface area contributed by atoms with Gasteiger partial charge in [0.05, 0.1) is 17.1 Å². The molecule has 3 rings (SSSR count). The number of rotatable bonds is 9. The molecule has 0 spiro atoms. The highest BCUT2D eigenvalue weighted by Gasteiger charge is 2.24. The number of hydrogen-bond donors (Lipinski definition) is 3. The summed E-state index contributed by atoms with van der Waals surface area (Å²) >= 11 is 0.799. The minimum atomic E-state index is -1.11. The monoisotopic (exact) mass is 496 g/mol. The number of hydrogen-bond acceptors (Lipinski definition) is 8. The zero-order chi connectivity index (χ0) is 25.0. The Hall–Kier alpha value is -1.75. The first-order valence-electron chi connectivity index (χ1n) is 12.3. The van der Waals surface area contributed by atoms with E-state index in [0.29, 0.717) is 0 Å². The van der Waals surface area contributed by atoms with E-state index in [0.717, 1.165) is 24.0 Å². The molecule has 0 aliphatic heterocycles. The number of pyridine rings is 1. The summed E-state index contributed by atoms with van der Waals surface area (Å²) in [4.78, 5) is 25.3. The van der Waals surface area contributed by atoms with E-state index in [1.54, 1.807) is 0 Å². The van der Waals surface area contributed by atoms with E-state index in [-0.39, 0.29) is 17.3 Å². The molecule has 3 N–H and O–H groups in total. The van der Waals surface area contributed by atoms with Gasteiger partial charge in [-0.2, -0.15) is 0 Å². The number of nitrogens with one attached hydrogen (secondary N) is 2. The lowest BCUT2D eigenvalue weighted by molar-refractivity contribution is -0.388. The Morgan fingerprint density at radius 2 is 1.74 bits per heavy atom. The van der Waals surface area contributed by atoms with Gasteiger partial charge in [-0.1, -0.05) is 38.5 Å². The van der Waals surface area contributed by atoms with Crippen LogP contribution in [-0.2, 0) is 9.53 Å². The lowest BCUT2D eigenvalue weighted by atomic mass is 9.91. The van der Waals surface area contributed by atoms with E-state index in [1.165, 1.54) is 82.5 Å². The van der Waals surface area contributed by atoms with Gasteiger partial charge in [0.15, 0.2) is 5.03 Å². The first-order valence-corrected chi connectivity index (χ1v) is 13.1. The molecule has 34 heavy (non-hydrogen) atoms. The largest absolute Gasteiger partial charge is 0.480 e. The molecule has 0 saturated heterocycles. The van der Waals surface area contributed by atoms with E-state index in [9.17, 15) is 14.9 Å². The second-order valence-electron chi connectivity index (χ2n) is 9.96. The summed E-state index contributed by atoms with van der Waals surface area (Å²) < 4.78 is 8.04. The topological polar surface area (TPSA) is 127 Å². The molecular formula is C24H40N4O5S. The zero-order valence-electron chi connectivity index (χ0n) is 20.6. The van der Waals surface area contributed by atoms with Crippen molar-refractivity contribution in [2.75, 3.05) is 6.61 Å². The molecule has 1 heterocycles. The second kappa shape index (κ2) is 14.6. The van der Waals surface area contributed by atoms with Crippen molar-refractivity contribution >= 4 is 23.6 Å². The van der Waals surface area contributed by atoms with E-state index in [1.807, 2.05) is 20.8 Å². The number of nitro groups is 1. The lowest BCUT2D eigenvalue weighted by Gasteiger charge is -2.30. The zero-order valence-corrected chi connectivity index (χ0v) is 21.4. The predicted octanol–water partition coefficient (Wildman–Crippen LogP) is 5.10. The second-order valence-corrected chi connectivity index (χ2v) is 10.8. The highest BCUT2D eigenvalue weighted by Crippen LogP contribution is 2.25. The van der Waals surface area contributed by atoms with Crippen LogP contribution in [0.4, 0.5) is 5.69 Å². The van der Waals surface area contributed by atoms with Gasteiger partial charge in [-0.25, -0.2) is 9.71 Å². The number of aliphatic carboxylic acids is 1. The molecule has 0 amide bonds. The van der Waals surface area contributed by atoms with E-state index in [2.05, 4.69) is 15.0 Å². The molecule has 2 aliphatic rings. The summed E-state index contributed by atoms with van der Waals surface area (Å²) in [6.07, 6.45) is 16.0. The molecule has 0 radical (unpaired) electrons. The van der Waals surface area contributed by atoms with Crippen molar-refractivity contribution in [1.82, 2.24) is 15.0 Å². The summed E-state index contributed by atoms with van der Waals surface area (Å²) in [5, 5.41) is 23.9. The Labute approximate surface area is 207 Å². The normalized spacial score (nSPS) is 18.6. The van der Waals surface area contributed by atoms with E-state index >= 15 is 0 Å². The van der Waals surface area contributed by atoms with Crippen molar-refractivity contribution in [3.8, 4) is 0 Å². The standard InChI is InChI=1S/C12H17N3O5S.C12H23N/c1-12(2,3)20-7-8(11(16)17)14-21-10-9(15(18)19)5-4-6-13-10;1-3-7-11(8-4-1)13-12-9-5-2-6-10-12/h4-6,8,14H,7H2,1-3H3,(H,16,17);11-13H,1-10H2/t8-;/m0./s1. The van der Waals surface area contributed by atoms with Crippen LogP contribution in [0.2, 0.25) is 0 Å². The van der Waals surface area contributed by atoms with Gasteiger partial charge in [-0.05, 0) is 64.5 Å². The summed E-state index contributed by atoms with van der Waals surface area (Å²) in [6, 6.07) is 3.49. The molecule has 1 aromatic rings. The van der Waals surface area contributed by atoms with E-state index < -0.39 is 22.5 Å². The van der Waals surface area contributed by atoms with Crippen molar-refractivity contribution < 1.29 is 19.6 Å². The average Bonchev–Trinajstić information content (AvgIpc) is 2.80. The van der Waals surface area contributed by atoms with Crippen LogP contribution >= 0.6 is 11.9 Å². The van der Waals surface area contributed by atoms with Crippen molar-refractivity contribution in [3.05, 3.63) is 28.4 Å². The molecule has 1 aromatic heterocycles. The van der Waals surface area contributed by atoms with Crippen LogP contribution in [0, 0.1) is 10.1 Å². The maximum atomic E-state index is 11.1. The highest BCUT2D eigenvalue weighted by atomic mass is 32.2. The molecule has 0 aromatic carbocycles. The molecule has 0 bridgehead atoms. The number of carboxylic acid groups (broad SMARTS) is 1. The number of nitrogens with zero attached hydrogens (tertiary/aromatic N) is 2. The van der Waals surface area contributed by atoms with Crippen LogP contribution in [0.5, 0.6) is 0 Å². The van der Waals surface area contributed by atoms with Gasteiger partial charge in [0.1, 0.15) is 6.04 Å². The molecule has 9 nitrogen and oxygen atoms in total. The Bertz CT molecular complexity index is 746. The summed E-state index contributed by atoms with van der Waals surface area (Å²) in [7, 11) is 0. The third-order valence-electron chi connectivity index (χ3n) is 5.91. The Morgan fingerprint density at radius 3 is 2.21 bits per heavy atom. The van der Waals surface area contributed by atoms with Crippen molar-refractivity contribution in [3.63, 3.8) is 0 Å². The molecule has 2 fully saturated rings. The molecule has 2 aliphatic carbocycles. The SMILES string of the molecule is C1CCC(NC2CCCCC2)CC1.CC(C)(C)OC[C@H](NSc1ncccc1[N+](=O)[O-])C(=O)O. The number of carboxylic acids is 1. The summed E-state index contributed by atoms with van der Waals surface area (Å²) in [5.74, 6) is -1.11. The Balaban J connectivity index is 0.000000266. The van der Waals surface area contributed by atoms with Crippen LogP contribution in [0.3, 0.4) is 0 Å². The van der Waals surface area contributed by atoms with Gasteiger partial charge >= 0.3 is 11.7 Å². The maximum Gasteiger partial charge on any atom is 0.323 e. The molecule has 0 unspecified atom stereocenters. The predicted molar refractivity (Wildman–Crippen MR) is 134 cm³/mol. The van der Waals surface area contributed by atoms with Gasteiger partial charge in [0.25, 0.3) is 0 Å². The number of aromatic nitrogens is 1.